The lowest BCUT2D eigenvalue weighted by atomic mass is 10.2. The number of ether oxygens (including phenoxy) is 1. The Labute approximate surface area is 145 Å². The van der Waals surface area contributed by atoms with Gasteiger partial charge in [0.05, 0.1) is 23.6 Å². The van der Waals surface area contributed by atoms with Gasteiger partial charge in [0.1, 0.15) is 5.75 Å². The highest BCUT2D eigenvalue weighted by atomic mass is 35.5. The quantitative estimate of drug-likeness (QED) is 0.820. The lowest BCUT2D eigenvalue weighted by molar-refractivity contribution is -0.115. The molecule has 0 spiro atoms. The average Bonchev–Trinajstić information content (AvgIpc) is 2.55. The molecule has 0 bridgehead atoms. The molecule has 1 amide bonds. The number of benzene rings is 2. The van der Waals surface area contributed by atoms with Gasteiger partial charge in [-0.25, -0.2) is 13.1 Å². The normalized spacial score (nSPS) is 11.1. The number of para-hydroxylation sites is 1. The summed E-state index contributed by atoms with van der Waals surface area (Å²) >= 11 is 5.93. The summed E-state index contributed by atoms with van der Waals surface area (Å²) in [4.78, 5) is 11.9. The van der Waals surface area contributed by atoms with E-state index in [4.69, 9.17) is 16.3 Å². The van der Waals surface area contributed by atoms with Crippen molar-refractivity contribution in [3.8, 4) is 5.75 Å². The van der Waals surface area contributed by atoms with E-state index in [1.807, 2.05) is 19.1 Å². The third-order valence-electron chi connectivity index (χ3n) is 3.28. The van der Waals surface area contributed by atoms with Crippen LogP contribution in [0.3, 0.4) is 0 Å². The number of hydrogen-bond acceptors (Lipinski definition) is 4. The fourth-order valence-corrected chi connectivity index (χ4v) is 3.30. The molecule has 128 valence electrons. The van der Waals surface area contributed by atoms with Crippen molar-refractivity contribution in [2.24, 2.45) is 0 Å². The Hall–Kier alpha value is -2.09. The third kappa shape index (κ3) is 4.47. The smallest absolute Gasteiger partial charge is 0.241 e. The molecule has 0 atom stereocenters. The number of halogens is 1. The van der Waals surface area contributed by atoms with Gasteiger partial charge in [-0.1, -0.05) is 29.8 Å². The Morgan fingerprint density at radius 2 is 1.92 bits per heavy atom. The summed E-state index contributed by atoms with van der Waals surface area (Å²) in [6.07, 6.45) is 0. The highest BCUT2D eigenvalue weighted by Gasteiger charge is 2.17. The number of anilines is 1. The van der Waals surface area contributed by atoms with Gasteiger partial charge in [-0.2, -0.15) is 0 Å². The van der Waals surface area contributed by atoms with Gasteiger partial charge in [-0.3, -0.25) is 4.79 Å². The van der Waals surface area contributed by atoms with E-state index in [9.17, 15) is 13.2 Å². The maximum absolute atomic E-state index is 12.2. The molecule has 8 heteroatoms. The molecular formula is C16H17ClN2O4S. The van der Waals surface area contributed by atoms with Crippen molar-refractivity contribution in [2.75, 3.05) is 19.0 Å². The van der Waals surface area contributed by atoms with Gasteiger partial charge in [0, 0.05) is 5.69 Å². The van der Waals surface area contributed by atoms with Crippen LogP contribution in [0.15, 0.2) is 47.4 Å². The van der Waals surface area contributed by atoms with E-state index >= 15 is 0 Å². The summed E-state index contributed by atoms with van der Waals surface area (Å²) in [5.74, 6) is -0.0969. The van der Waals surface area contributed by atoms with Crippen LogP contribution < -0.4 is 14.8 Å². The molecule has 0 aliphatic carbocycles. The van der Waals surface area contributed by atoms with Gasteiger partial charge >= 0.3 is 0 Å². The van der Waals surface area contributed by atoms with Crippen LogP contribution in [0.2, 0.25) is 5.02 Å². The highest BCUT2D eigenvalue weighted by molar-refractivity contribution is 7.89. The van der Waals surface area contributed by atoms with Crippen LogP contribution in [0.4, 0.5) is 5.69 Å². The number of rotatable bonds is 6. The second kappa shape index (κ2) is 7.65. The van der Waals surface area contributed by atoms with E-state index in [1.54, 1.807) is 12.1 Å². The SMILES string of the molecule is COc1ccc(S(=O)(=O)NCC(=O)Nc2ccccc2C)cc1Cl. The Morgan fingerprint density at radius 3 is 2.54 bits per heavy atom. The molecule has 0 saturated heterocycles. The van der Waals surface area contributed by atoms with Crippen LogP contribution in [-0.2, 0) is 14.8 Å². The molecule has 0 aliphatic rings. The molecule has 2 rings (SSSR count). The van der Waals surface area contributed by atoms with Gasteiger partial charge in [0.25, 0.3) is 0 Å². The minimum Gasteiger partial charge on any atom is -0.495 e. The first kappa shape index (κ1) is 18.3. The van der Waals surface area contributed by atoms with Crippen molar-refractivity contribution < 1.29 is 17.9 Å². The maximum atomic E-state index is 12.2. The molecule has 0 radical (unpaired) electrons. The largest absolute Gasteiger partial charge is 0.495 e. The molecule has 2 aromatic rings. The zero-order valence-electron chi connectivity index (χ0n) is 13.2. The summed E-state index contributed by atoms with van der Waals surface area (Å²) in [7, 11) is -2.42. The number of amides is 1. The van der Waals surface area contributed by atoms with Crippen LogP contribution in [0.1, 0.15) is 5.56 Å². The Bertz CT molecular complexity index is 853. The molecule has 0 unspecified atom stereocenters. The summed E-state index contributed by atoms with van der Waals surface area (Å²) in [6.45, 7) is 1.46. The van der Waals surface area contributed by atoms with E-state index in [1.165, 1.54) is 25.3 Å². The second-order valence-electron chi connectivity index (χ2n) is 4.98. The lowest BCUT2D eigenvalue weighted by Gasteiger charge is -2.10. The molecule has 0 saturated carbocycles. The Kier molecular flexibility index (Phi) is 5.82. The predicted molar refractivity (Wildman–Crippen MR) is 93.0 cm³/mol. The van der Waals surface area contributed by atoms with Crippen molar-refractivity contribution in [3.63, 3.8) is 0 Å². The van der Waals surface area contributed by atoms with Crippen LogP contribution in [0, 0.1) is 6.92 Å². The summed E-state index contributed by atoms with van der Waals surface area (Å²) in [6, 6.07) is 11.3. The molecule has 2 N–H and O–H groups in total. The van der Waals surface area contributed by atoms with E-state index < -0.39 is 15.9 Å². The monoisotopic (exact) mass is 368 g/mol. The summed E-state index contributed by atoms with van der Waals surface area (Å²) < 4.78 is 31.7. The Balaban J connectivity index is 2.03. The zero-order valence-corrected chi connectivity index (χ0v) is 14.7. The van der Waals surface area contributed by atoms with Crippen LogP contribution in [0.25, 0.3) is 0 Å². The molecule has 2 aromatic carbocycles. The first-order valence-corrected chi connectivity index (χ1v) is 8.88. The molecule has 0 fully saturated rings. The molecule has 24 heavy (non-hydrogen) atoms. The Morgan fingerprint density at radius 1 is 1.21 bits per heavy atom. The van der Waals surface area contributed by atoms with E-state index in [0.717, 1.165) is 5.56 Å². The molecule has 0 heterocycles. The van der Waals surface area contributed by atoms with Crippen molar-refractivity contribution in [1.29, 1.82) is 0 Å². The van der Waals surface area contributed by atoms with Crippen LogP contribution in [-0.4, -0.2) is 28.0 Å². The highest BCUT2D eigenvalue weighted by Crippen LogP contribution is 2.26. The number of hydrogen-bond donors (Lipinski definition) is 2. The lowest BCUT2D eigenvalue weighted by Crippen LogP contribution is -2.33. The zero-order chi connectivity index (χ0) is 17.7. The minimum absolute atomic E-state index is 0.0445. The number of methoxy groups -OCH3 is 1. The predicted octanol–water partition coefficient (Wildman–Crippen LogP) is 2.57. The molecule has 6 nitrogen and oxygen atoms in total. The van der Waals surface area contributed by atoms with Crippen molar-refractivity contribution in [2.45, 2.75) is 11.8 Å². The van der Waals surface area contributed by atoms with Gasteiger partial charge in [0.2, 0.25) is 15.9 Å². The fourth-order valence-electron chi connectivity index (χ4n) is 1.97. The number of nitrogens with one attached hydrogen (secondary N) is 2. The first-order chi connectivity index (χ1) is 11.3. The van der Waals surface area contributed by atoms with Crippen molar-refractivity contribution in [1.82, 2.24) is 4.72 Å². The van der Waals surface area contributed by atoms with E-state index in [2.05, 4.69) is 10.0 Å². The minimum atomic E-state index is -3.86. The number of sulfonamides is 1. The molecular weight excluding hydrogens is 352 g/mol. The standard InChI is InChI=1S/C16H17ClN2O4S/c1-11-5-3-4-6-14(11)19-16(20)10-18-24(21,22)12-7-8-15(23-2)13(17)9-12/h3-9,18H,10H2,1-2H3,(H,19,20). The topological polar surface area (TPSA) is 84.5 Å². The second-order valence-corrected chi connectivity index (χ2v) is 7.16. The number of carbonyl (C=O) groups is 1. The third-order valence-corrected chi connectivity index (χ3v) is 4.97. The van der Waals surface area contributed by atoms with E-state index in [0.29, 0.717) is 11.4 Å². The average molecular weight is 369 g/mol. The number of aryl methyl sites for hydroxylation is 1. The fraction of sp³-hybridized carbons (Fsp3) is 0.188. The van der Waals surface area contributed by atoms with Crippen molar-refractivity contribution >= 4 is 33.2 Å². The van der Waals surface area contributed by atoms with Gasteiger partial charge in [-0.15, -0.1) is 0 Å². The number of carbonyl (C=O) groups excluding carboxylic acids is 1. The van der Waals surface area contributed by atoms with Crippen LogP contribution in [0.5, 0.6) is 5.75 Å². The maximum Gasteiger partial charge on any atom is 0.241 e. The first-order valence-electron chi connectivity index (χ1n) is 7.02. The van der Waals surface area contributed by atoms with Crippen molar-refractivity contribution in [3.05, 3.63) is 53.1 Å². The summed E-state index contributed by atoms with van der Waals surface area (Å²) in [5.41, 5.74) is 1.52. The molecule has 0 aromatic heterocycles. The van der Waals surface area contributed by atoms with E-state index in [-0.39, 0.29) is 16.5 Å². The molecule has 0 aliphatic heterocycles. The van der Waals surface area contributed by atoms with Gasteiger partial charge in [0.15, 0.2) is 0 Å². The van der Waals surface area contributed by atoms with Gasteiger partial charge < -0.3 is 10.1 Å². The van der Waals surface area contributed by atoms with Crippen LogP contribution >= 0.6 is 11.6 Å². The summed E-state index contributed by atoms with van der Waals surface area (Å²) in [5, 5.41) is 2.82. The van der Waals surface area contributed by atoms with Gasteiger partial charge in [-0.05, 0) is 36.8 Å².